The molecule has 6 heteroatoms. The van der Waals surface area contributed by atoms with Crippen LogP contribution in [0.3, 0.4) is 0 Å². The van der Waals surface area contributed by atoms with Gasteiger partial charge in [0.05, 0.1) is 0 Å². The van der Waals surface area contributed by atoms with Crippen molar-refractivity contribution in [1.82, 2.24) is 10.2 Å². The summed E-state index contributed by atoms with van der Waals surface area (Å²) in [5.74, 6) is 0.238. The van der Waals surface area contributed by atoms with Crippen LogP contribution in [-0.4, -0.2) is 35.7 Å². The van der Waals surface area contributed by atoms with Crippen molar-refractivity contribution >= 4 is 23.4 Å². The number of hydrogen-bond acceptors (Lipinski definition) is 3. The zero-order chi connectivity index (χ0) is 20.8. The Hall–Kier alpha value is -3.15. The number of nitrogens with one attached hydrogen (secondary N) is 2. The van der Waals surface area contributed by atoms with Crippen molar-refractivity contribution in [3.63, 3.8) is 0 Å². The first-order chi connectivity index (χ1) is 13.9. The minimum atomic E-state index is -0.217. The molecule has 1 saturated heterocycles. The van der Waals surface area contributed by atoms with Gasteiger partial charge >= 0.3 is 0 Å². The molecule has 0 aromatic heterocycles. The van der Waals surface area contributed by atoms with Gasteiger partial charge in [0.25, 0.3) is 11.8 Å². The van der Waals surface area contributed by atoms with E-state index in [1.54, 1.807) is 36.4 Å². The highest BCUT2D eigenvalue weighted by molar-refractivity contribution is 6.04. The van der Waals surface area contributed by atoms with Crippen LogP contribution < -0.4 is 10.6 Å². The lowest BCUT2D eigenvalue weighted by Gasteiger charge is -2.15. The molecule has 0 radical (unpaired) electrons. The third kappa shape index (κ3) is 5.67. The molecule has 0 saturated carbocycles. The fraction of sp³-hybridized carbons (Fsp3) is 0.348. The highest BCUT2D eigenvalue weighted by Gasteiger charge is 2.20. The van der Waals surface area contributed by atoms with E-state index in [0.717, 1.165) is 18.5 Å². The van der Waals surface area contributed by atoms with Crippen molar-refractivity contribution in [2.24, 2.45) is 5.92 Å². The Kier molecular flexibility index (Phi) is 6.65. The molecule has 1 fully saturated rings. The van der Waals surface area contributed by atoms with Gasteiger partial charge in [-0.15, -0.1) is 0 Å². The van der Waals surface area contributed by atoms with E-state index in [-0.39, 0.29) is 17.7 Å². The first-order valence-corrected chi connectivity index (χ1v) is 9.98. The predicted molar refractivity (Wildman–Crippen MR) is 113 cm³/mol. The molecule has 0 atom stereocenters. The van der Waals surface area contributed by atoms with Gasteiger partial charge in [0, 0.05) is 42.9 Å². The number of benzene rings is 2. The molecule has 0 unspecified atom stereocenters. The van der Waals surface area contributed by atoms with E-state index >= 15 is 0 Å². The average Bonchev–Trinajstić information content (AvgIpc) is 3.11. The third-order valence-electron chi connectivity index (χ3n) is 4.84. The molecule has 1 aliphatic heterocycles. The van der Waals surface area contributed by atoms with Gasteiger partial charge < -0.3 is 15.5 Å². The monoisotopic (exact) mass is 393 g/mol. The minimum absolute atomic E-state index is 0.122. The second-order valence-corrected chi connectivity index (χ2v) is 7.75. The maximum atomic E-state index is 12.5. The van der Waals surface area contributed by atoms with Gasteiger partial charge in [-0.1, -0.05) is 26.0 Å². The summed E-state index contributed by atoms with van der Waals surface area (Å²) in [4.78, 5) is 38.1. The van der Waals surface area contributed by atoms with E-state index in [4.69, 9.17) is 0 Å². The summed E-state index contributed by atoms with van der Waals surface area (Å²) >= 11 is 0. The number of nitrogens with zero attached hydrogens (tertiary/aromatic N) is 1. The standard InChI is InChI=1S/C23H27N3O3/c1-16(2)14-24-22(28)18-9-11-20(12-10-18)25-23(29)19-7-5-17(6-8-19)15-26-13-3-4-21(26)27/h5-12,16H,3-4,13-15H2,1-2H3,(H,24,28)(H,25,29). The summed E-state index contributed by atoms with van der Waals surface area (Å²) in [6.07, 6.45) is 1.54. The van der Waals surface area contributed by atoms with Crippen molar-refractivity contribution in [2.45, 2.75) is 33.2 Å². The minimum Gasteiger partial charge on any atom is -0.352 e. The Bertz CT molecular complexity index is 873. The Labute approximate surface area is 171 Å². The van der Waals surface area contributed by atoms with E-state index in [2.05, 4.69) is 10.6 Å². The molecule has 2 N–H and O–H groups in total. The SMILES string of the molecule is CC(C)CNC(=O)c1ccc(NC(=O)c2ccc(CN3CCCC3=O)cc2)cc1. The topological polar surface area (TPSA) is 78.5 Å². The van der Waals surface area contributed by atoms with Crippen LogP contribution in [0.4, 0.5) is 5.69 Å². The molecule has 3 rings (SSSR count). The quantitative estimate of drug-likeness (QED) is 0.756. The van der Waals surface area contributed by atoms with Gasteiger partial charge in [-0.05, 0) is 54.3 Å². The first kappa shape index (κ1) is 20.6. The molecule has 2 aromatic rings. The number of carbonyl (C=O) groups is 3. The zero-order valence-corrected chi connectivity index (χ0v) is 16.9. The molecule has 29 heavy (non-hydrogen) atoms. The van der Waals surface area contributed by atoms with Gasteiger partial charge in [0.2, 0.25) is 5.91 Å². The Morgan fingerprint density at radius 2 is 1.59 bits per heavy atom. The van der Waals surface area contributed by atoms with Crippen molar-refractivity contribution in [1.29, 1.82) is 0 Å². The summed E-state index contributed by atoms with van der Waals surface area (Å²) in [6, 6.07) is 14.1. The fourth-order valence-electron chi connectivity index (χ4n) is 3.16. The third-order valence-corrected chi connectivity index (χ3v) is 4.84. The van der Waals surface area contributed by atoms with Crippen LogP contribution in [0.15, 0.2) is 48.5 Å². The van der Waals surface area contributed by atoms with Gasteiger partial charge in [-0.2, -0.15) is 0 Å². The molecule has 0 aliphatic carbocycles. The number of likely N-dealkylation sites (tertiary alicyclic amines) is 1. The van der Waals surface area contributed by atoms with E-state index in [1.807, 2.05) is 30.9 Å². The number of anilines is 1. The first-order valence-electron chi connectivity index (χ1n) is 9.98. The molecular formula is C23H27N3O3. The second-order valence-electron chi connectivity index (χ2n) is 7.75. The van der Waals surface area contributed by atoms with Gasteiger partial charge in [0.15, 0.2) is 0 Å². The van der Waals surface area contributed by atoms with Crippen LogP contribution in [0.25, 0.3) is 0 Å². The molecule has 6 nitrogen and oxygen atoms in total. The molecule has 1 heterocycles. The van der Waals surface area contributed by atoms with Crippen molar-refractivity contribution in [3.05, 3.63) is 65.2 Å². The number of hydrogen-bond donors (Lipinski definition) is 2. The van der Waals surface area contributed by atoms with Crippen molar-refractivity contribution in [2.75, 3.05) is 18.4 Å². The van der Waals surface area contributed by atoms with E-state index in [9.17, 15) is 14.4 Å². The lowest BCUT2D eigenvalue weighted by Crippen LogP contribution is -2.27. The van der Waals surface area contributed by atoms with E-state index in [0.29, 0.717) is 42.2 Å². The summed E-state index contributed by atoms with van der Waals surface area (Å²) in [5, 5.41) is 5.71. The fourth-order valence-corrected chi connectivity index (χ4v) is 3.16. The van der Waals surface area contributed by atoms with Crippen LogP contribution >= 0.6 is 0 Å². The molecule has 0 bridgehead atoms. The summed E-state index contributed by atoms with van der Waals surface area (Å²) in [6.45, 7) is 6.08. The van der Waals surface area contributed by atoms with Crippen LogP contribution in [0.5, 0.6) is 0 Å². The lowest BCUT2D eigenvalue weighted by atomic mass is 10.1. The van der Waals surface area contributed by atoms with E-state index in [1.165, 1.54) is 0 Å². The lowest BCUT2D eigenvalue weighted by molar-refractivity contribution is -0.128. The highest BCUT2D eigenvalue weighted by atomic mass is 16.2. The maximum Gasteiger partial charge on any atom is 0.255 e. The maximum absolute atomic E-state index is 12.5. The normalized spacial score (nSPS) is 13.6. The Morgan fingerprint density at radius 1 is 0.966 bits per heavy atom. The van der Waals surface area contributed by atoms with E-state index < -0.39 is 0 Å². The summed E-state index contributed by atoms with van der Waals surface area (Å²) < 4.78 is 0. The van der Waals surface area contributed by atoms with Crippen molar-refractivity contribution in [3.8, 4) is 0 Å². The van der Waals surface area contributed by atoms with Crippen LogP contribution in [-0.2, 0) is 11.3 Å². The van der Waals surface area contributed by atoms with Crippen LogP contribution in [0, 0.1) is 5.92 Å². The molecule has 152 valence electrons. The van der Waals surface area contributed by atoms with Gasteiger partial charge in [0.1, 0.15) is 0 Å². The largest absolute Gasteiger partial charge is 0.352 e. The number of rotatable bonds is 7. The van der Waals surface area contributed by atoms with Crippen LogP contribution in [0.2, 0.25) is 0 Å². The summed E-state index contributed by atoms with van der Waals surface area (Å²) in [5.41, 5.74) is 2.74. The number of amides is 3. The molecule has 1 aliphatic rings. The Balaban J connectivity index is 1.55. The molecule has 3 amide bonds. The van der Waals surface area contributed by atoms with Crippen LogP contribution in [0.1, 0.15) is 53.0 Å². The van der Waals surface area contributed by atoms with Crippen molar-refractivity contribution < 1.29 is 14.4 Å². The predicted octanol–water partition coefficient (Wildman–Crippen LogP) is 3.45. The smallest absolute Gasteiger partial charge is 0.255 e. The van der Waals surface area contributed by atoms with Gasteiger partial charge in [-0.25, -0.2) is 0 Å². The average molecular weight is 393 g/mol. The molecule has 2 aromatic carbocycles. The Morgan fingerprint density at radius 3 is 2.17 bits per heavy atom. The second kappa shape index (κ2) is 9.37. The summed E-state index contributed by atoms with van der Waals surface area (Å²) in [7, 11) is 0. The highest BCUT2D eigenvalue weighted by Crippen LogP contribution is 2.16. The molecule has 0 spiro atoms. The molecular weight excluding hydrogens is 366 g/mol. The number of carbonyl (C=O) groups excluding carboxylic acids is 3. The van der Waals surface area contributed by atoms with Gasteiger partial charge in [-0.3, -0.25) is 14.4 Å². The zero-order valence-electron chi connectivity index (χ0n) is 16.9.